The molecule has 0 saturated carbocycles. The van der Waals surface area contributed by atoms with Gasteiger partial charge in [0.2, 0.25) is 5.91 Å². The van der Waals surface area contributed by atoms with Gasteiger partial charge in [0.15, 0.2) is 5.69 Å². The van der Waals surface area contributed by atoms with E-state index in [9.17, 15) is 19.7 Å². The summed E-state index contributed by atoms with van der Waals surface area (Å²) in [5.41, 5.74) is 1.64. The zero-order chi connectivity index (χ0) is 22.5. The van der Waals surface area contributed by atoms with Crippen molar-refractivity contribution in [3.8, 4) is 0 Å². The van der Waals surface area contributed by atoms with Gasteiger partial charge < -0.3 is 10.6 Å². The first-order valence-electron chi connectivity index (χ1n) is 9.72. The molecular formula is C20H23N7O4. The zero-order valence-electron chi connectivity index (χ0n) is 17.5. The Morgan fingerprint density at radius 1 is 1.13 bits per heavy atom. The molecule has 0 atom stereocenters. The molecule has 11 nitrogen and oxygen atoms in total. The number of carbonyl (C=O) groups excluding carboxylic acids is 2. The third-order valence-electron chi connectivity index (χ3n) is 4.68. The van der Waals surface area contributed by atoms with Crippen molar-refractivity contribution < 1.29 is 14.5 Å². The van der Waals surface area contributed by atoms with Crippen LogP contribution in [0.2, 0.25) is 0 Å². The topological polar surface area (TPSA) is 137 Å². The number of carbonyl (C=O) groups is 2. The molecule has 0 aliphatic heterocycles. The van der Waals surface area contributed by atoms with E-state index in [1.54, 1.807) is 49.0 Å². The molecule has 0 spiro atoms. The van der Waals surface area contributed by atoms with Crippen molar-refractivity contribution in [3.05, 3.63) is 63.7 Å². The number of para-hydroxylation sites is 1. The summed E-state index contributed by atoms with van der Waals surface area (Å²) in [6.07, 6.45) is 1.61. The van der Waals surface area contributed by atoms with Crippen LogP contribution in [-0.4, -0.2) is 36.3 Å². The van der Waals surface area contributed by atoms with Crippen molar-refractivity contribution in [2.75, 3.05) is 10.6 Å². The lowest BCUT2D eigenvalue weighted by Gasteiger charge is -2.07. The van der Waals surface area contributed by atoms with Gasteiger partial charge in [-0.2, -0.15) is 10.2 Å². The van der Waals surface area contributed by atoms with Gasteiger partial charge in [0, 0.05) is 24.8 Å². The van der Waals surface area contributed by atoms with Gasteiger partial charge in [-0.05, 0) is 32.9 Å². The number of anilines is 2. The molecule has 0 saturated heterocycles. The normalized spacial score (nSPS) is 10.7. The maximum atomic E-state index is 12.7. The van der Waals surface area contributed by atoms with Crippen molar-refractivity contribution >= 4 is 28.9 Å². The average molecular weight is 425 g/mol. The Morgan fingerprint density at radius 2 is 1.84 bits per heavy atom. The number of nitrogens with one attached hydrogen (secondary N) is 2. The number of hydrogen-bond donors (Lipinski definition) is 2. The van der Waals surface area contributed by atoms with Gasteiger partial charge in [-0.3, -0.25) is 29.1 Å². The summed E-state index contributed by atoms with van der Waals surface area (Å²) in [5.74, 6) is -0.803. The molecule has 0 aliphatic rings. The van der Waals surface area contributed by atoms with E-state index in [0.717, 1.165) is 0 Å². The number of rotatable bonds is 8. The van der Waals surface area contributed by atoms with Crippen LogP contribution >= 0.6 is 0 Å². The second-order valence-electron chi connectivity index (χ2n) is 6.87. The highest BCUT2D eigenvalue weighted by Crippen LogP contribution is 2.22. The highest BCUT2D eigenvalue weighted by Gasteiger charge is 2.23. The van der Waals surface area contributed by atoms with Crippen molar-refractivity contribution in [1.29, 1.82) is 0 Å². The summed E-state index contributed by atoms with van der Waals surface area (Å²) in [6.45, 7) is 5.70. The molecule has 31 heavy (non-hydrogen) atoms. The minimum absolute atomic E-state index is 0.0240. The van der Waals surface area contributed by atoms with Crippen molar-refractivity contribution in [3.63, 3.8) is 0 Å². The fourth-order valence-electron chi connectivity index (χ4n) is 3.14. The summed E-state index contributed by atoms with van der Waals surface area (Å²) in [7, 11) is 0. The summed E-state index contributed by atoms with van der Waals surface area (Å²) < 4.78 is 2.99. The van der Waals surface area contributed by atoms with Crippen LogP contribution in [0.1, 0.15) is 35.2 Å². The lowest BCUT2D eigenvalue weighted by Crippen LogP contribution is -2.19. The van der Waals surface area contributed by atoms with Crippen LogP contribution in [0.4, 0.5) is 17.1 Å². The van der Waals surface area contributed by atoms with E-state index in [-0.39, 0.29) is 30.3 Å². The Balaban J connectivity index is 1.70. The Labute approximate surface area is 178 Å². The quantitative estimate of drug-likeness (QED) is 0.420. The molecule has 0 aliphatic carbocycles. The lowest BCUT2D eigenvalue weighted by molar-refractivity contribution is -0.386. The molecule has 1 aromatic carbocycles. The van der Waals surface area contributed by atoms with Crippen LogP contribution < -0.4 is 10.6 Å². The van der Waals surface area contributed by atoms with Crippen LogP contribution in [0.15, 0.2) is 36.5 Å². The Morgan fingerprint density at radius 3 is 2.45 bits per heavy atom. The molecular weight excluding hydrogens is 402 g/mol. The average Bonchev–Trinajstić information content (AvgIpc) is 3.27. The largest absolute Gasteiger partial charge is 0.323 e. The SMILES string of the molecule is CCn1cc(NC(=O)CCn2nc(C)c([N+](=O)[O-])c2C)c(C(=O)Nc2ccccc2)n1. The van der Waals surface area contributed by atoms with Gasteiger partial charge >= 0.3 is 5.69 Å². The highest BCUT2D eigenvalue weighted by atomic mass is 16.6. The van der Waals surface area contributed by atoms with Gasteiger partial charge in [-0.25, -0.2) is 0 Å². The molecule has 2 N–H and O–H groups in total. The highest BCUT2D eigenvalue weighted by molar-refractivity contribution is 6.08. The van der Waals surface area contributed by atoms with Crippen molar-refractivity contribution in [2.45, 2.75) is 40.3 Å². The number of amides is 2. The van der Waals surface area contributed by atoms with E-state index < -0.39 is 10.8 Å². The lowest BCUT2D eigenvalue weighted by atomic mass is 10.3. The molecule has 3 rings (SSSR count). The zero-order valence-corrected chi connectivity index (χ0v) is 17.5. The smallest absolute Gasteiger partial charge is 0.312 e. The van der Waals surface area contributed by atoms with Crippen LogP contribution in [0.3, 0.4) is 0 Å². The summed E-state index contributed by atoms with van der Waals surface area (Å²) in [4.78, 5) is 35.8. The summed E-state index contributed by atoms with van der Waals surface area (Å²) in [5, 5.41) is 25.0. The Bertz CT molecular complexity index is 1120. The molecule has 0 bridgehead atoms. The fourth-order valence-corrected chi connectivity index (χ4v) is 3.14. The first-order valence-corrected chi connectivity index (χ1v) is 9.72. The van der Waals surface area contributed by atoms with E-state index in [1.165, 1.54) is 4.68 Å². The molecule has 162 valence electrons. The molecule has 0 unspecified atom stereocenters. The third-order valence-corrected chi connectivity index (χ3v) is 4.68. The number of nitro groups is 1. The molecule has 0 radical (unpaired) electrons. The van der Waals surface area contributed by atoms with Crippen LogP contribution in [0, 0.1) is 24.0 Å². The molecule has 11 heteroatoms. The van der Waals surface area contributed by atoms with Crippen molar-refractivity contribution in [2.24, 2.45) is 0 Å². The van der Waals surface area contributed by atoms with Crippen molar-refractivity contribution in [1.82, 2.24) is 19.6 Å². The second kappa shape index (κ2) is 9.20. The van der Waals surface area contributed by atoms with Crippen LogP contribution in [0.25, 0.3) is 0 Å². The molecule has 3 aromatic rings. The van der Waals surface area contributed by atoms with E-state index in [4.69, 9.17) is 0 Å². The second-order valence-corrected chi connectivity index (χ2v) is 6.87. The minimum Gasteiger partial charge on any atom is -0.323 e. The number of benzene rings is 1. The monoisotopic (exact) mass is 425 g/mol. The van der Waals surface area contributed by atoms with Gasteiger partial charge in [0.05, 0.1) is 17.2 Å². The van der Waals surface area contributed by atoms with E-state index in [1.807, 2.05) is 13.0 Å². The fraction of sp³-hybridized carbons (Fsp3) is 0.300. The minimum atomic E-state index is -0.481. The predicted octanol–water partition coefficient (Wildman–Crippen LogP) is 2.91. The van der Waals surface area contributed by atoms with Gasteiger partial charge in [0.25, 0.3) is 5.91 Å². The predicted molar refractivity (Wildman–Crippen MR) is 114 cm³/mol. The number of aromatic nitrogens is 4. The molecule has 2 heterocycles. The van der Waals surface area contributed by atoms with E-state index in [2.05, 4.69) is 20.8 Å². The third kappa shape index (κ3) is 4.94. The van der Waals surface area contributed by atoms with Gasteiger partial charge in [0.1, 0.15) is 11.4 Å². The number of nitrogens with zero attached hydrogens (tertiary/aromatic N) is 5. The first kappa shape index (κ1) is 21.7. The maximum absolute atomic E-state index is 12.7. The molecule has 2 aromatic heterocycles. The van der Waals surface area contributed by atoms with Gasteiger partial charge in [-0.15, -0.1) is 0 Å². The summed E-state index contributed by atoms with van der Waals surface area (Å²) in [6, 6.07) is 8.93. The number of hydrogen-bond acceptors (Lipinski definition) is 6. The molecule has 0 fully saturated rings. The molecule has 2 amide bonds. The standard InChI is InChI=1S/C20H23N7O4/c1-4-25-12-16(18(24-25)20(29)21-15-8-6-5-7-9-15)22-17(28)10-11-26-14(3)19(27(30)31)13(2)23-26/h5-9,12H,4,10-11H2,1-3H3,(H,21,29)(H,22,28). The summed E-state index contributed by atoms with van der Waals surface area (Å²) >= 11 is 0. The Kier molecular flexibility index (Phi) is 6.43. The van der Waals surface area contributed by atoms with E-state index in [0.29, 0.717) is 29.3 Å². The van der Waals surface area contributed by atoms with Crippen LogP contribution in [-0.2, 0) is 17.9 Å². The van der Waals surface area contributed by atoms with Gasteiger partial charge in [-0.1, -0.05) is 18.2 Å². The van der Waals surface area contributed by atoms with Crippen LogP contribution in [0.5, 0.6) is 0 Å². The first-order chi connectivity index (χ1) is 14.8. The Hall–Kier alpha value is -4.02. The maximum Gasteiger partial charge on any atom is 0.312 e. The number of aryl methyl sites for hydroxylation is 3. The van der Waals surface area contributed by atoms with E-state index >= 15 is 0 Å².